The van der Waals surface area contributed by atoms with Gasteiger partial charge in [0.25, 0.3) is 0 Å². The first kappa shape index (κ1) is 24.0. The fourth-order valence-corrected chi connectivity index (χ4v) is 4.27. The zero-order valence-electron chi connectivity index (χ0n) is 17.4. The molecule has 30 heavy (non-hydrogen) atoms. The normalized spacial score (nSPS) is 11.3. The van der Waals surface area contributed by atoms with Crippen LogP contribution in [-0.4, -0.2) is 30.8 Å². The summed E-state index contributed by atoms with van der Waals surface area (Å²) in [4.78, 5) is 12.1. The summed E-state index contributed by atoms with van der Waals surface area (Å²) in [7, 11) is -2.06. The van der Waals surface area contributed by atoms with Gasteiger partial charge in [-0.3, -0.25) is 4.79 Å². The molecule has 0 saturated carbocycles. The highest BCUT2D eigenvalue weighted by Gasteiger charge is 2.20. The summed E-state index contributed by atoms with van der Waals surface area (Å²) in [5.41, 5.74) is 1.52. The molecule has 2 aromatic rings. The zero-order chi connectivity index (χ0) is 22.0. The lowest BCUT2D eigenvalue weighted by Gasteiger charge is -2.17. The molecule has 0 atom stereocenters. The van der Waals surface area contributed by atoms with Gasteiger partial charge < -0.3 is 10.6 Å². The van der Waals surface area contributed by atoms with E-state index in [1.807, 2.05) is 30.3 Å². The van der Waals surface area contributed by atoms with Crippen molar-refractivity contribution >= 4 is 38.9 Å². The third-order valence-electron chi connectivity index (χ3n) is 4.58. The van der Waals surface area contributed by atoms with E-state index in [-0.39, 0.29) is 22.5 Å². The monoisotopic (exact) mass is 447 g/mol. The Morgan fingerprint density at radius 3 is 2.30 bits per heavy atom. The number of anilines is 1. The summed E-state index contributed by atoms with van der Waals surface area (Å²) in [6.45, 7) is 2.41. The molecule has 1 amide bonds. The molecule has 0 aromatic heterocycles. The first-order chi connectivity index (χ1) is 14.3. The van der Waals surface area contributed by atoms with E-state index in [1.54, 1.807) is 19.2 Å². The van der Waals surface area contributed by atoms with Crippen LogP contribution in [0.2, 0.25) is 0 Å². The van der Waals surface area contributed by atoms with Crippen LogP contribution in [0.15, 0.2) is 59.5 Å². The van der Waals surface area contributed by atoms with Crippen molar-refractivity contribution in [1.29, 1.82) is 0 Å². The maximum Gasteiger partial charge on any atom is 0.243 e. The molecule has 0 unspecified atom stereocenters. The molecule has 0 aliphatic rings. The van der Waals surface area contributed by atoms with Gasteiger partial charge in [0, 0.05) is 25.7 Å². The van der Waals surface area contributed by atoms with Gasteiger partial charge >= 0.3 is 0 Å². The Kier molecular flexibility index (Phi) is 9.42. The minimum absolute atomic E-state index is 0.120. The number of rotatable bonds is 10. The van der Waals surface area contributed by atoms with Gasteiger partial charge in [-0.1, -0.05) is 56.5 Å². The van der Waals surface area contributed by atoms with Crippen molar-refractivity contribution in [1.82, 2.24) is 9.62 Å². The predicted molar refractivity (Wildman–Crippen MR) is 125 cm³/mol. The lowest BCUT2D eigenvalue weighted by Crippen LogP contribution is -2.33. The maximum atomic E-state index is 12.8. The number of nitrogens with zero attached hydrogens (tertiary/aromatic N) is 1. The highest BCUT2D eigenvalue weighted by Crippen LogP contribution is 2.19. The van der Waals surface area contributed by atoms with Gasteiger partial charge in [-0.2, -0.15) is 4.31 Å². The van der Waals surface area contributed by atoms with Gasteiger partial charge in [0.15, 0.2) is 5.11 Å². The number of thiocarbonyl (C=S) groups is 1. The summed E-state index contributed by atoms with van der Waals surface area (Å²) in [5.74, 6) is -0.120. The van der Waals surface area contributed by atoms with Crippen LogP contribution in [0.3, 0.4) is 0 Å². The number of nitrogens with one attached hydrogen (secondary N) is 2. The van der Waals surface area contributed by atoms with Crippen molar-refractivity contribution in [2.75, 3.05) is 12.4 Å². The SMILES string of the molecule is CCCCCCC(=O)NC(=S)Nc1ccc(S(=O)(=O)N(C)Cc2ccccc2)cc1. The van der Waals surface area contributed by atoms with Gasteiger partial charge in [-0.05, 0) is 48.5 Å². The molecule has 6 nitrogen and oxygen atoms in total. The van der Waals surface area contributed by atoms with Gasteiger partial charge in [0.1, 0.15) is 0 Å². The van der Waals surface area contributed by atoms with E-state index in [1.165, 1.54) is 16.4 Å². The fraction of sp³-hybridized carbons (Fsp3) is 0.364. The third-order valence-corrected chi connectivity index (χ3v) is 6.60. The average molecular weight is 448 g/mol. The van der Waals surface area contributed by atoms with Gasteiger partial charge in [-0.25, -0.2) is 8.42 Å². The molecule has 8 heteroatoms. The summed E-state index contributed by atoms with van der Waals surface area (Å²) >= 11 is 5.17. The summed E-state index contributed by atoms with van der Waals surface area (Å²) < 4.78 is 26.9. The van der Waals surface area contributed by atoms with Crippen molar-refractivity contribution in [3.05, 3.63) is 60.2 Å². The second kappa shape index (κ2) is 11.8. The van der Waals surface area contributed by atoms with Crippen LogP contribution in [0.4, 0.5) is 5.69 Å². The highest BCUT2D eigenvalue weighted by molar-refractivity contribution is 7.89. The minimum atomic E-state index is -3.61. The van der Waals surface area contributed by atoms with E-state index < -0.39 is 10.0 Å². The molecular formula is C22H29N3O3S2. The molecule has 0 aliphatic carbocycles. The largest absolute Gasteiger partial charge is 0.332 e. The van der Waals surface area contributed by atoms with Gasteiger partial charge in [0.05, 0.1) is 4.90 Å². The molecule has 162 valence electrons. The highest BCUT2D eigenvalue weighted by atomic mass is 32.2. The van der Waals surface area contributed by atoms with Crippen LogP contribution in [0.25, 0.3) is 0 Å². The Bertz CT molecular complexity index is 930. The Morgan fingerprint density at radius 2 is 1.67 bits per heavy atom. The molecule has 0 heterocycles. The van der Waals surface area contributed by atoms with Crippen LogP contribution >= 0.6 is 12.2 Å². The predicted octanol–water partition coefficient (Wildman–Crippen LogP) is 4.29. The quantitative estimate of drug-likeness (QED) is 0.420. The van der Waals surface area contributed by atoms with Crippen molar-refractivity contribution in [2.24, 2.45) is 0 Å². The Morgan fingerprint density at radius 1 is 1.00 bits per heavy atom. The number of benzene rings is 2. The second-order valence-electron chi connectivity index (χ2n) is 7.08. The van der Waals surface area contributed by atoms with Crippen molar-refractivity contribution < 1.29 is 13.2 Å². The van der Waals surface area contributed by atoms with Crippen molar-refractivity contribution in [2.45, 2.75) is 50.5 Å². The van der Waals surface area contributed by atoms with E-state index in [2.05, 4.69) is 17.6 Å². The van der Waals surface area contributed by atoms with Gasteiger partial charge in [-0.15, -0.1) is 0 Å². The molecule has 2 rings (SSSR count). The van der Waals surface area contributed by atoms with Crippen LogP contribution < -0.4 is 10.6 Å². The number of hydrogen-bond donors (Lipinski definition) is 2. The Labute approximate surface area is 184 Å². The minimum Gasteiger partial charge on any atom is -0.332 e. The molecule has 0 saturated heterocycles. The molecule has 0 fully saturated rings. The second-order valence-corrected chi connectivity index (χ2v) is 9.54. The average Bonchev–Trinajstić information content (AvgIpc) is 2.72. The van der Waals surface area contributed by atoms with Crippen molar-refractivity contribution in [3.63, 3.8) is 0 Å². The number of sulfonamides is 1. The first-order valence-corrected chi connectivity index (χ1v) is 11.9. The molecule has 0 aliphatic heterocycles. The zero-order valence-corrected chi connectivity index (χ0v) is 19.1. The van der Waals surface area contributed by atoms with Crippen LogP contribution in [0.1, 0.15) is 44.6 Å². The lowest BCUT2D eigenvalue weighted by molar-refractivity contribution is -0.119. The van der Waals surface area contributed by atoms with E-state index in [0.29, 0.717) is 12.1 Å². The molecule has 0 radical (unpaired) electrons. The summed E-state index contributed by atoms with van der Waals surface area (Å²) in [6.07, 6.45) is 4.54. The molecule has 2 N–H and O–H groups in total. The van der Waals surface area contributed by atoms with Crippen LogP contribution in [0, 0.1) is 0 Å². The first-order valence-electron chi connectivity index (χ1n) is 10.0. The summed E-state index contributed by atoms with van der Waals surface area (Å²) in [6, 6.07) is 15.7. The Balaban J connectivity index is 1.90. The number of carbonyl (C=O) groups excluding carboxylic acids is 1. The molecular weight excluding hydrogens is 418 g/mol. The molecule has 0 spiro atoms. The standard InChI is InChI=1S/C22H29N3O3S2/c1-3-4-5-9-12-21(26)24-22(29)23-19-13-15-20(16-14-19)30(27,28)25(2)17-18-10-7-6-8-11-18/h6-8,10-11,13-16H,3-5,9,12,17H2,1-2H3,(H2,23,24,26,29). The topological polar surface area (TPSA) is 78.5 Å². The number of amides is 1. The van der Waals surface area contributed by atoms with Crippen LogP contribution in [-0.2, 0) is 21.4 Å². The van der Waals surface area contributed by atoms with E-state index in [9.17, 15) is 13.2 Å². The smallest absolute Gasteiger partial charge is 0.243 e. The van der Waals surface area contributed by atoms with Crippen molar-refractivity contribution in [3.8, 4) is 0 Å². The van der Waals surface area contributed by atoms with Gasteiger partial charge in [0.2, 0.25) is 15.9 Å². The molecule has 2 aromatic carbocycles. The maximum absolute atomic E-state index is 12.8. The third kappa shape index (κ3) is 7.51. The lowest BCUT2D eigenvalue weighted by atomic mass is 10.1. The van der Waals surface area contributed by atoms with Crippen LogP contribution in [0.5, 0.6) is 0 Å². The number of hydrogen-bond acceptors (Lipinski definition) is 4. The van der Waals surface area contributed by atoms with E-state index >= 15 is 0 Å². The van der Waals surface area contributed by atoms with E-state index in [4.69, 9.17) is 12.2 Å². The number of unbranched alkanes of at least 4 members (excludes halogenated alkanes) is 3. The van der Waals surface area contributed by atoms with E-state index in [0.717, 1.165) is 31.2 Å². The summed E-state index contributed by atoms with van der Waals surface area (Å²) in [5, 5.41) is 5.77. The Hall–Kier alpha value is -2.29. The molecule has 0 bridgehead atoms. The fourth-order valence-electron chi connectivity index (χ4n) is 2.88. The number of carbonyl (C=O) groups is 1.